The molecule has 3 N–H and O–H groups in total. The van der Waals surface area contributed by atoms with Gasteiger partial charge in [-0.05, 0) is 61.7 Å². The standard InChI is InChI=1S/C27H31N3O3/c1-20(2)33-25-14-11-22(12-15-25)18-29-27(32)19-28-23-9-6-10-24(17-23)30-26(31)16-13-21-7-4-3-5-8-21/h3-12,14-15,17,20,28H,13,16,18-19H2,1-2H3,(H,29,32)(H,30,31). The van der Waals surface area contributed by atoms with Gasteiger partial charge in [-0.25, -0.2) is 0 Å². The third-order valence-corrected chi connectivity index (χ3v) is 4.87. The molecule has 0 aliphatic heterocycles. The van der Waals surface area contributed by atoms with Gasteiger partial charge in [0.2, 0.25) is 11.8 Å². The first kappa shape index (κ1) is 23.9. The highest BCUT2D eigenvalue weighted by atomic mass is 16.5. The molecule has 0 saturated carbocycles. The van der Waals surface area contributed by atoms with E-state index in [1.54, 1.807) is 0 Å². The van der Waals surface area contributed by atoms with Gasteiger partial charge in [-0.15, -0.1) is 0 Å². The summed E-state index contributed by atoms with van der Waals surface area (Å²) in [6, 6.07) is 25.0. The average molecular weight is 446 g/mol. The number of amides is 2. The van der Waals surface area contributed by atoms with E-state index in [1.807, 2.05) is 92.7 Å². The fraction of sp³-hybridized carbons (Fsp3) is 0.259. The molecule has 3 rings (SSSR count). The van der Waals surface area contributed by atoms with E-state index in [1.165, 1.54) is 0 Å². The maximum Gasteiger partial charge on any atom is 0.239 e. The number of hydrogen-bond donors (Lipinski definition) is 3. The van der Waals surface area contributed by atoms with Gasteiger partial charge in [0.15, 0.2) is 0 Å². The van der Waals surface area contributed by atoms with Gasteiger partial charge in [0.1, 0.15) is 5.75 Å². The number of carbonyl (C=O) groups is 2. The molecule has 0 heterocycles. The minimum absolute atomic E-state index is 0.0430. The predicted molar refractivity (Wildman–Crippen MR) is 132 cm³/mol. The topological polar surface area (TPSA) is 79.5 Å². The smallest absolute Gasteiger partial charge is 0.239 e. The molecule has 6 nitrogen and oxygen atoms in total. The van der Waals surface area contributed by atoms with Crippen LogP contribution in [0.4, 0.5) is 11.4 Å². The van der Waals surface area contributed by atoms with E-state index in [0.717, 1.165) is 22.6 Å². The minimum Gasteiger partial charge on any atom is -0.491 e. The molecule has 0 aromatic heterocycles. The molecule has 0 atom stereocenters. The molecule has 0 radical (unpaired) electrons. The molecule has 6 heteroatoms. The van der Waals surface area contributed by atoms with Crippen molar-refractivity contribution in [3.8, 4) is 5.75 Å². The van der Waals surface area contributed by atoms with Crippen LogP contribution in [0, 0.1) is 0 Å². The molecular weight excluding hydrogens is 414 g/mol. The van der Waals surface area contributed by atoms with Gasteiger partial charge in [-0.3, -0.25) is 9.59 Å². The van der Waals surface area contributed by atoms with Crippen molar-refractivity contribution < 1.29 is 14.3 Å². The Morgan fingerprint density at radius 1 is 0.818 bits per heavy atom. The molecule has 3 aromatic carbocycles. The van der Waals surface area contributed by atoms with Crippen molar-refractivity contribution in [1.29, 1.82) is 0 Å². The van der Waals surface area contributed by atoms with Crippen molar-refractivity contribution in [1.82, 2.24) is 5.32 Å². The summed E-state index contributed by atoms with van der Waals surface area (Å²) in [4.78, 5) is 24.5. The van der Waals surface area contributed by atoms with Crippen molar-refractivity contribution in [2.24, 2.45) is 0 Å². The van der Waals surface area contributed by atoms with Crippen molar-refractivity contribution >= 4 is 23.2 Å². The summed E-state index contributed by atoms with van der Waals surface area (Å²) < 4.78 is 5.63. The molecule has 0 fully saturated rings. The summed E-state index contributed by atoms with van der Waals surface area (Å²) in [7, 11) is 0. The first-order valence-electron chi connectivity index (χ1n) is 11.2. The highest BCUT2D eigenvalue weighted by Crippen LogP contribution is 2.16. The number of carbonyl (C=O) groups excluding carboxylic acids is 2. The second kappa shape index (κ2) is 12.3. The van der Waals surface area contributed by atoms with Crippen LogP contribution in [0.15, 0.2) is 78.9 Å². The van der Waals surface area contributed by atoms with Gasteiger partial charge in [0.05, 0.1) is 12.6 Å². The molecule has 0 bridgehead atoms. The zero-order valence-electron chi connectivity index (χ0n) is 19.1. The van der Waals surface area contributed by atoms with Crippen LogP contribution in [0.3, 0.4) is 0 Å². The zero-order valence-corrected chi connectivity index (χ0v) is 19.1. The van der Waals surface area contributed by atoms with Gasteiger partial charge in [-0.1, -0.05) is 48.5 Å². The molecule has 0 aliphatic rings. The summed E-state index contributed by atoms with van der Waals surface area (Å²) in [6.45, 7) is 4.55. The lowest BCUT2D eigenvalue weighted by molar-refractivity contribution is -0.119. The van der Waals surface area contributed by atoms with E-state index in [0.29, 0.717) is 25.1 Å². The number of hydrogen-bond acceptors (Lipinski definition) is 4. The van der Waals surface area contributed by atoms with E-state index < -0.39 is 0 Å². The Morgan fingerprint density at radius 2 is 1.55 bits per heavy atom. The predicted octanol–water partition coefficient (Wildman–Crippen LogP) is 4.77. The summed E-state index contributed by atoms with van der Waals surface area (Å²) in [6.07, 6.45) is 1.23. The maximum atomic E-state index is 12.3. The molecule has 172 valence electrons. The number of aryl methyl sites for hydroxylation is 1. The molecule has 0 saturated heterocycles. The van der Waals surface area contributed by atoms with Gasteiger partial charge >= 0.3 is 0 Å². The lowest BCUT2D eigenvalue weighted by Crippen LogP contribution is -2.29. The van der Waals surface area contributed by atoms with Crippen LogP contribution in [-0.4, -0.2) is 24.5 Å². The number of nitrogens with one attached hydrogen (secondary N) is 3. The van der Waals surface area contributed by atoms with Crippen molar-refractivity contribution in [3.05, 3.63) is 90.0 Å². The zero-order chi connectivity index (χ0) is 23.5. The molecule has 0 aliphatic carbocycles. The van der Waals surface area contributed by atoms with Crippen molar-refractivity contribution in [3.63, 3.8) is 0 Å². The van der Waals surface area contributed by atoms with Crippen LogP contribution in [0.5, 0.6) is 5.75 Å². The lowest BCUT2D eigenvalue weighted by Gasteiger charge is -2.11. The lowest BCUT2D eigenvalue weighted by atomic mass is 10.1. The summed E-state index contributed by atoms with van der Waals surface area (Å²) in [5, 5.41) is 8.91. The Hall–Kier alpha value is -3.80. The first-order valence-corrected chi connectivity index (χ1v) is 11.2. The van der Waals surface area contributed by atoms with Crippen molar-refractivity contribution in [2.45, 2.75) is 39.3 Å². The normalized spacial score (nSPS) is 10.5. The Morgan fingerprint density at radius 3 is 2.27 bits per heavy atom. The van der Waals surface area contributed by atoms with E-state index in [4.69, 9.17) is 4.74 Å². The summed E-state index contributed by atoms with van der Waals surface area (Å²) >= 11 is 0. The Balaban J connectivity index is 1.40. The number of anilines is 2. The van der Waals surface area contributed by atoms with E-state index >= 15 is 0 Å². The van der Waals surface area contributed by atoms with Gasteiger partial charge in [-0.2, -0.15) is 0 Å². The number of benzene rings is 3. The van der Waals surface area contributed by atoms with E-state index in [-0.39, 0.29) is 24.5 Å². The average Bonchev–Trinajstić information content (AvgIpc) is 2.81. The first-order chi connectivity index (χ1) is 16.0. The molecule has 33 heavy (non-hydrogen) atoms. The quantitative estimate of drug-likeness (QED) is 0.397. The molecule has 2 amide bonds. The van der Waals surface area contributed by atoms with Gasteiger partial charge in [0.25, 0.3) is 0 Å². The van der Waals surface area contributed by atoms with Crippen LogP contribution in [0.2, 0.25) is 0 Å². The summed E-state index contributed by atoms with van der Waals surface area (Å²) in [5.41, 5.74) is 3.59. The van der Waals surface area contributed by atoms with Gasteiger partial charge in [0, 0.05) is 24.3 Å². The number of rotatable bonds is 11. The third kappa shape index (κ3) is 8.69. The Bertz CT molecular complexity index is 1030. The van der Waals surface area contributed by atoms with Crippen LogP contribution in [0.1, 0.15) is 31.4 Å². The molecule has 0 spiro atoms. The Labute approximate surface area is 195 Å². The van der Waals surface area contributed by atoms with Crippen LogP contribution in [-0.2, 0) is 22.6 Å². The molecule has 0 unspecified atom stereocenters. The minimum atomic E-state index is -0.116. The SMILES string of the molecule is CC(C)Oc1ccc(CNC(=O)CNc2cccc(NC(=O)CCc3ccccc3)c2)cc1. The van der Waals surface area contributed by atoms with Gasteiger partial charge < -0.3 is 20.7 Å². The van der Waals surface area contributed by atoms with Crippen molar-refractivity contribution in [2.75, 3.05) is 17.2 Å². The van der Waals surface area contributed by atoms with Crippen LogP contribution >= 0.6 is 0 Å². The second-order valence-electron chi connectivity index (χ2n) is 8.06. The maximum absolute atomic E-state index is 12.3. The van der Waals surface area contributed by atoms with E-state index in [9.17, 15) is 9.59 Å². The third-order valence-electron chi connectivity index (χ3n) is 4.87. The highest BCUT2D eigenvalue weighted by molar-refractivity contribution is 5.91. The fourth-order valence-electron chi connectivity index (χ4n) is 3.24. The monoisotopic (exact) mass is 445 g/mol. The van der Waals surface area contributed by atoms with E-state index in [2.05, 4.69) is 16.0 Å². The summed E-state index contributed by atoms with van der Waals surface area (Å²) in [5.74, 6) is 0.655. The highest BCUT2D eigenvalue weighted by Gasteiger charge is 2.06. The molecule has 3 aromatic rings. The second-order valence-corrected chi connectivity index (χ2v) is 8.06. The largest absolute Gasteiger partial charge is 0.491 e. The number of ether oxygens (including phenoxy) is 1. The van der Waals surface area contributed by atoms with Crippen LogP contribution in [0.25, 0.3) is 0 Å². The van der Waals surface area contributed by atoms with Crippen LogP contribution < -0.4 is 20.7 Å². The molecular formula is C27H31N3O3. The fourth-order valence-corrected chi connectivity index (χ4v) is 3.24. The Kier molecular flexibility index (Phi) is 8.88.